The Labute approximate surface area is 107 Å². The van der Waals surface area contributed by atoms with Crippen LogP contribution in [0.15, 0.2) is 18.2 Å². The monoisotopic (exact) mass is 265 g/mol. The number of anilines is 1. The molecule has 1 aromatic heterocycles. The normalized spacial score (nSPS) is 14.7. The molecule has 1 heterocycles. The summed E-state index contributed by atoms with van der Waals surface area (Å²) in [5, 5.41) is 0. The Morgan fingerprint density at radius 1 is 1.00 bits per heavy atom. The standard InChI is InChI=1S/C13H10F3N3/c14-8-3-7(4-9(15)12(8)16)13-18-10(6-1-2-6)5-11(17)19-13/h3-6H,1-2H2,(H2,17,18,19). The highest BCUT2D eigenvalue weighted by Crippen LogP contribution is 2.40. The lowest BCUT2D eigenvalue weighted by Gasteiger charge is -2.06. The van der Waals surface area contributed by atoms with Crippen molar-refractivity contribution < 1.29 is 13.2 Å². The molecule has 0 aliphatic heterocycles. The molecule has 0 atom stereocenters. The van der Waals surface area contributed by atoms with Crippen molar-refractivity contribution in [1.29, 1.82) is 0 Å². The summed E-state index contributed by atoms with van der Waals surface area (Å²) < 4.78 is 39.3. The number of halogens is 3. The molecule has 1 fully saturated rings. The van der Waals surface area contributed by atoms with Gasteiger partial charge < -0.3 is 5.73 Å². The average molecular weight is 265 g/mol. The average Bonchev–Trinajstić information content (AvgIpc) is 3.18. The number of nitrogens with zero attached hydrogens (tertiary/aromatic N) is 2. The number of nitrogen functional groups attached to an aromatic ring is 1. The number of rotatable bonds is 2. The number of benzene rings is 1. The summed E-state index contributed by atoms with van der Waals surface area (Å²) in [6, 6.07) is 3.38. The van der Waals surface area contributed by atoms with Crippen LogP contribution in [-0.2, 0) is 0 Å². The van der Waals surface area contributed by atoms with E-state index in [9.17, 15) is 13.2 Å². The minimum Gasteiger partial charge on any atom is -0.384 e. The molecule has 19 heavy (non-hydrogen) atoms. The third kappa shape index (κ3) is 2.25. The van der Waals surface area contributed by atoms with E-state index < -0.39 is 17.5 Å². The number of hydrogen-bond donors (Lipinski definition) is 1. The molecule has 3 rings (SSSR count). The molecular weight excluding hydrogens is 255 g/mol. The molecule has 0 unspecified atom stereocenters. The van der Waals surface area contributed by atoms with Crippen molar-refractivity contribution in [3.8, 4) is 11.4 Å². The largest absolute Gasteiger partial charge is 0.384 e. The molecule has 1 saturated carbocycles. The van der Waals surface area contributed by atoms with Crippen molar-refractivity contribution in [2.24, 2.45) is 0 Å². The van der Waals surface area contributed by atoms with Crippen LogP contribution in [0.3, 0.4) is 0 Å². The first-order valence-corrected chi connectivity index (χ1v) is 5.84. The quantitative estimate of drug-likeness (QED) is 0.849. The van der Waals surface area contributed by atoms with Crippen molar-refractivity contribution in [3.63, 3.8) is 0 Å². The molecular formula is C13H10F3N3. The molecule has 0 radical (unpaired) electrons. The van der Waals surface area contributed by atoms with Crippen LogP contribution in [0.2, 0.25) is 0 Å². The molecule has 0 amide bonds. The summed E-state index contributed by atoms with van der Waals surface area (Å²) in [6.07, 6.45) is 2.03. The zero-order valence-electron chi connectivity index (χ0n) is 9.83. The van der Waals surface area contributed by atoms with Gasteiger partial charge in [-0.2, -0.15) is 0 Å². The molecule has 3 nitrogen and oxygen atoms in total. The van der Waals surface area contributed by atoms with Gasteiger partial charge in [0.15, 0.2) is 23.3 Å². The van der Waals surface area contributed by atoms with Crippen molar-refractivity contribution in [3.05, 3.63) is 41.3 Å². The lowest BCUT2D eigenvalue weighted by Crippen LogP contribution is -2.01. The van der Waals surface area contributed by atoms with Gasteiger partial charge in [0.25, 0.3) is 0 Å². The van der Waals surface area contributed by atoms with E-state index in [1.165, 1.54) is 0 Å². The lowest BCUT2D eigenvalue weighted by atomic mass is 10.1. The minimum atomic E-state index is -1.50. The van der Waals surface area contributed by atoms with Crippen LogP contribution in [-0.4, -0.2) is 9.97 Å². The van der Waals surface area contributed by atoms with E-state index in [1.54, 1.807) is 6.07 Å². The van der Waals surface area contributed by atoms with Gasteiger partial charge in [-0.25, -0.2) is 23.1 Å². The first kappa shape index (κ1) is 12.0. The van der Waals surface area contributed by atoms with E-state index in [1.807, 2.05) is 0 Å². The van der Waals surface area contributed by atoms with Crippen LogP contribution in [0.25, 0.3) is 11.4 Å². The van der Waals surface area contributed by atoms with E-state index in [2.05, 4.69) is 9.97 Å². The Morgan fingerprint density at radius 3 is 2.21 bits per heavy atom. The first-order valence-electron chi connectivity index (χ1n) is 5.84. The van der Waals surface area contributed by atoms with Gasteiger partial charge in [-0.1, -0.05) is 0 Å². The molecule has 0 bridgehead atoms. The number of nitrogens with two attached hydrogens (primary N) is 1. The summed E-state index contributed by atoms with van der Waals surface area (Å²) in [5.41, 5.74) is 6.49. The van der Waals surface area contributed by atoms with E-state index in [4.69, 9.17) is 5.73 Å². The molecule has 1 aliphatic carbocycles. The Hall–Kier alpha value is -2.11. The van der Waals surface area contributed by atoms with Gasteiger partial charge in [-0.15, -0.1) is 0 Å². The predicted molar refractivity (Wildman–Crippen MR) is 63.7 cm³/mol. The third-order valence-corrected chi connectivity index (χ3v) is 3.00. The van der Waals surface area contributed by atoms with Crippen LogP contribution in [0.1, 0.15) is 24.5 Å². The topological polar surface area (TPSA) is 51.8 Å². The Bertz CT molecular complexity index is 631. The highest BCUT2D eigenvalue weighted by molar-refractivity contribution is 5.57. The zero-order valence-corrected chi connectivity index (χ0v) is 9.83. The van der Waals surface area contributed by atoms with Crippen LogP contribution in [0.5, 0.6) is 0 Å². The van der Waals surface area contributed by atoms with Crippen molar-refractivity contribution in [2.75, 3.05) is 5.73 Å². The Morgan fingerprint density at radius 2 is 1.63 bits per heavy atom. The van der Waals surface area contributed by atoms with Crippen LogP contribution < -0.4 is 5.73 Å². The second kappa shape index (κ2) is 4.22. The fourth-order valence-electron chi connectivity index (χ4n) is 1.89. The summed E-state index contributed by atoms with van der Waals surface area (Å²) in [5.74, 6) is -3.37. The summed E-state index contributed by atoms with van der Waals surface area (Å²) in [6.45, 7) is 0. The van der Waals surface area contributed by atoms with Gasteiger partial charge in [0.1, 0.15) is 5.82 Å². The van der Waals surface area contributed by atoms with Gasteiger partial charge in [-0.05, 0) is 25.0 Å². The Balaban J connectivity index is 2.11. The fourth-order valence-corrected chi connectivity index (χ4v) is 1.89. The van der Waals surface area contributed by atoms with Crippen LogP contribution in [0.4, 0.5) is 19.0 Å². The second-order valence-electron chi connectivity index (χ2n) is 4.57. The van der Waals surface area contributed by atoms with E-state index >= 15 is 0 Å². The van der Waals surface area contributed by atoms with Crippen LogP contribution >= 0.6 is 0 Å². The highest BCUT2D eigenvalue weighted by atomic mass is 19.2. The molecule has 0 spiro atoms. The van der Waals surface area contributed by atoms with Crippen LogP contribution in [0, 0.1) is 17.5 Å². The molecule has 98 valence electrons. The predicted octanol–water partition coefficient (Wildman–Crippen LogP) is 3.02. The number of aromatic nitrogens is 2. The first-order chi connectivity index (χ1) is 9.04. The lowest BCUT2D eigenvalue weighted by molar-refractivity contribution is 0.447. The zero-order chi connectivity index (χ0) is 13.6. The van der Waals surface area contributed by atoms with Gasteiger partial charge >= 0.3 is 0 Å². The van der Waals surface area contributed by atoms with Crippen molar-refractivity contribution >= 4 is 5.82 Å². The maximum atomic E-state index is 13.2. The summed E-state index contributed by atoms with van der Waals surface area (Å²) in [4.78, 5) is 8.17. The van der Waals surface area contributed by atoms with E-state index in [0.29, 0.717) is 5.92 Å². The molecule has 2 N–H and O–H groups in total. The highest BCUT2D eigenvalue weighted by Gasteiger charge is 2.26. The SMILES string of the molecule is Nc1cc(C2CC2)nc(-c2cc(F)c(F)c(F)c2)n1. The van der Waals surface area contributed by atoms with Gasteiger partial charge in [0.05, 0.1) is 0 Å². The smallest absolute Gasteiger partial charge is 0.194 e. The second-order valence-corrected chi connectivity index (χ2v) is 4.57. The maximum absolute atomic E-state index is 13.2. The molecule has 2 aromatic rings. The third-order valence-electron chi connectivity index (χ3n) is 3.00. The molecule has 0 saturated heterocycles. The van der Waals surface area contributed by atoms with E-state index in [0.717, 1.165) is 30.7 Å². The molecule has 6 heteroatoms. The van der Waals surface area contributed by atoms with Gasteiger partial charge in [0, 0.05) is 23.2 Å². The summed E-state index contributed by atoms with van der Waals surface area (Å²) in [7, 11) is 0. The molecule has 1 aromatic carbocycles. The van der Waals surface area contributed by atoms with E-state index in [-0.39, 0.29) is 17.2 Å². The van der Waals surface area contributed by atoms with Gasteiger partial charge in [-0.3, -0.25) is 0 Å². The Kier molecular flexibility index (Phi) is 2.66. The van der Waals surface area contributed by atoms with Gasteiger partial charge in [0.2, 0.25) is 0 Å². The molecule has 1 aliphatic rings. The van der Waals surface area contributed by atoms with Crippen molar-refractivity contribution in [1.82, 2.24) is 9.97 Å². The minimum absolute atomic E-state index is 0.0746. The van der Waals surface area contributed by atoms with Crippen molar-refractivity contribution in [2.45, 2.75) is 18.8 Å². The maximum Gasteiger partial charge on any atom is 0.194 e. The summed E-state index contributed by atoms with van der Waals surface area (Å²) >= 11 is 0. The number of hydrogen-bond acceptors (Lipinski definition) is 3. The fraction of sp³-hybridized carbons (Fsp3) is 0.231.